The van der Waals surface area contributed by atoms with Crippen molar-refractivity contribution in [2.24, 2.45) is 5.92 Å². The Morgan fingerprint density at radius 3 is 2.35 bits per heavy atom. The zero-order valence-corrected chi connectivity index (χ0v) is 13.2. The van der Waals surface area contributed by atoms with Crippen LogP contribution in [0.2, 0.25) is 0 Å². The zero-order valence-electron chi connectivity index (χ0n) is 13.2. The van der Waals surface area contributed by atoms with Crippen LogP contribution in [0.15, 0.2) is 35.1 Å². The Morgan fingerprint density at radius 1 is 1.22 bits per heavy atom. The molecule has 0 saturated heterocycles. The van der Waals surface area contributed by atoms with Crippen molar-refractivity contribution in [3.05, 3.63) is 51.9 Å². The van der Waals surface area contributed by atoms with Gasteiger partial charge in [-0.1, -0.05) is 31.5 Å². The molecular weight excluding hydrogens is 298 g/mol. The molecule has 7 nitrogen and oxygen atoms in total. The number of aryl methyl sites for hydroxylation is 1. The normalized spacial score (nSPS) is 12.2. The Balaban J connectivity index is 2.26. The van der Waals surface area contributed by atoms with Gasteiger partial charge in [-0.2, -0.15) is 0 Å². The van der Waals surface area contributed by atoms with E-state index in [1.54, 1.807) is 26.0 Å². The van der Waals surface area contributed by atoms with Gasteiger partial charge in [0.15, 0.2) is 0 Å². The third-order valence-corrected chi connectivity index (χ3v) is 3.48. The predicted octanol–water partition coefficient (Wildman–Crippen LogP) is 1.31. The smallest absolute Gasteiger partial charge is 0.326 e. The van der Waals surface area contributed by atoms with Crippen LogP contribution in [0.4, 0.5) is 0 Å². The fraction of sp³-hybridized carbons (Fsp3) is 0.312. The lowest BCUT2D eigenvalue weighted by Crippen LogP contribution is -2.44. The van der Waals surface area contributed by atoms with E-state index < -0.39 is 23.5 Å². The number of benzene rings is 1. The first kappa shape index (κ1) is 16.5. The highest BCUT2D eigenvalue weighted by Gasteiger charge is 2.25. The highest BCUT2D eigenvalue weighted by atomic mass is 16.4. The molecule has 0 fully saturated rings. The Morgan fingerprint density at radius 2 is 1.83 bits per heavy atom. The maximum absolute atomic E-state index is 12.2. The van der Waals surface area contributed by atoms with E-state index in [0.717, 1.165) is 11.6 Å². The first-order valence-corrected chi connectivity index (χ1v) is 7.22. The van der Waals surface area contributed by atoms with Crippen molar-refractivity contribution in [2.45, 2.75) is 26.8 Å². The first-order chi connectivity index (χ1) is 10.8. The van der Waals surface area contributed by atoms with Crippen LogP contribution in [0, 0.1) is 12.8 Å². The average molecular weight is 317 g/mol. The molecule has 1 amide bonds. The summed E-state index contributed by atoms with van der Waals surface area (Å²) in [5.41, 5.74) is 1.27. The number of H-pyrrole nitrogens is 1. The van der Waals surface area contributed by atoms with Gasteiger partial charge in [0.2, 0.25) is 0 Å². The summed E-state index contributed by atoms with van der Waals surface area (Å²) in [4.78, 5) is 35.3. The lowest BCUT2D eigenvalue weighted by atomic mass is 10.0. The Hall–Kier alpha value is -2.83. The van der Waals surface area contributed by atoms with E-state index in [1.165, 1.54) is 4.68 Å². The molecule has 7 heteroatoms. The van der Waals surface area contributed by atoms with Gasteiger partial charge in [0.25, 0.3) is 11.5 Å². The van der Waals surface area contributed by atoms with Crippen molar-refractivity contribution in [3.8, 4) is 5.69 Å². The molecule has 122 valence electrons. The summed E-state index contributed by atoms with van der Waals surface area (Å²) in [7, 11) is 0. The van der Waals surface area contributed by atoms with Gasteiger partial charge in [-0.15, -0.1) is 0 Å². The number of aliphatic carboxylic acids is 1. The molecule has 0 saturated carbocycles. The van der Waals surface area contributed by atoms with E-state index in [0.29, 0.717) is 5.69 Å². The van der Waals surface area contributed by atoms with E-state index in [-0.39, 0.29) is 11.6 Å². The highest BCUT2D eigenvalue weighted by molar-refractivity contribution is 5.95. The third-order valence-electron chi connectivity index (χ3n) is 3.48. The number of hydrogen-bond donors (Lipinski definition) is 3. The first-order valence-electron chi connectivity index (χ1n) is 7.22. The Kier molecular flexibility index (Phi) is 4.68. The summed E-state index contributed by atoms with van der Waals surface area (Å²) < 4.78 is 1.24. The van der Waals surface area contributed by atoms with Gasteiger partial charge in [-0.25, -0.2) is 9.48 Å². The number of hydrogen-bond acceptors (Lipinski definition) is 3. The van der Waals surface area contributed by atoms with Gasteiger partial charge in [0, 0.05) is 6.07 Å². The molecule has 0 spiro atoms. The molecular formula is C16H19N3O4. The third kappa shape index (κ3) is 3.68. The van der Waals surface area contributed by atoms with Crippen LogP contribution in [0.5, 0.6) is 0 Å². The summed E-state index contributed by atoms with van der Waals surface area (Å²) in [5, 5.41) is 14.2. The van der Waals surface area contributed by atoms with Gasteiger partial charge in [-0.3, -0.25) is 14.7 Å². The second-order valence-corrected chi connectivity index (χ2v) is 5.71. The number of amides is 1. The maximum atomic E-state index is 12.2. The molecule has 1 atom stereocenters. The van der Waals surface area contributed by atoms with Crippen LogP contribution < -0.4 is 10.9 Å². The Labute approximate surface area is 132 Å². The fourth-order valence-corrected chi connectivity index (χ4v) is 2.13. The van der Waals surface area contributed by atoms with Crippen molar-refractivity contribution in [2.75, 3.05) is 0 Å². The van der Waals surface area contributed by atoms with E-state index in [9.17, 15) is 14.4 Å². The molecule has 1 aromatic heterocycles. The molecule has 1 heterocycles. The van der Waals surface area contributed by atoms with Crippen LogP contribution in [-0.4, -0.2) is 32.8 Å². The molecule has 1 aromatic carbocycles. The molecule has 0 bridgehead atoms. The molecule has 3 N–H and O–H groups in total. The summed E-state index contributed by atoms with van der Waals surface area (Å²) in [5.74, 6) is -2.02. The number of nitrogens with one attached hydrogen (secondary N) is 2. The van der Waals surface area contributed by atoms with Crippen molar-refractivity contribution in [1.29, 1.82) is 0 Å². The molecule has 2 rings (SSSR count). The number of carbonyl (C=O) groups is 2. The topological polar surface area (TPSA) is 104 Å². The quantitative estimate of drug-likeness (QED) is 0.773. The number of carbonyl (C=O) groups excluding carboxylic acids is 1. The minimum absolute atomic E-state index is 0.0162. The second kappa shape index (κ2) is 6.51. The van der Waals surface area contributed by atoms with Gasteiger partial charge in [-0.05, 0) is 25.0 Å². The predicted molar refractivity (Wildman–Crippen MR) is 84.9 cm³/mol. The maximum Gasteiger partial charge on any atom is 0.326 e. The van der Waals surface area contributed by atoms with Crippen molar-refractivity contribution < 1.29 is 14.7 Å². The zero-order chi connectivity index (χ0) is 17.1. The lowest BCUT2D eigenvalue weighted by Gasteiger charge is -2.17. The van der Waals surface area contributed by atoms with E-state index in [1.807, 2.05) is 19.1 Å². The molecule has 2 aromatic rings. The van der Waals surface area contributed by atoms with E-state index in [4.69, 9.17) is 5.11 Å². The van der Waals surface area contributed by atoms with Crippen molar-refractivity contribution in [3.63, 3.8) is 0 Å². The number of carboxylic acid groups (broad SMARTS) is 1. The van der Waals surface area contributed by atoms with Crippen molar-refractivity contribution in [1.82, 2.24) is 15.1 Å². The lowest BCUT2D eigenvalue weighted by molar-refractivity contribution is -0.140. The highest BCUT2D eigenvalue weighted by Crippen LogP contribution is 2.07. The molecule has 0 unspecified atom stereocenters. The molecule has 0 aliphatic heterocycles. The van der Waals surface area contributed by atoms with Gasteiger partial charge < -0.3 is 10.4 Å². The van der Waals surface area contributed by atoms with Crippen LogP contribution in [0.1, 0.15) is 29.9 Å². The van der Waals surface area contributed by atoms with E-state index in [2.05, 4.69) is 10.4 Å². The number of carboxylic acids is 1. The molecule has 23 heavy (non-hydrogen) atoms. The molecule has 0 aliphatic rings. The summed E-state index contributed by atoms with van der Waals surface area (Å²) in [6.07, 6.45) is 0. The van der Waals surface area contributed by atoms with E-state index >= 15 is 0 Å². The summed E-state index contributed by atoms with van der Waals surface area (Å²) >= 11 is 0. The summed E-state index contributed by atoms with van der Waals surface area (Å²) in [6.45, 7) is 5.32. The van der Waals surface area contributed by atoms with Crippen LogP contribution in [0.3, 0.4) is 0 Å². The van der Waals surface area contributed by atoms with Crippen LogP contribution in [-0.2, 0) is 4.79 Å². The second-order valence-electron chi connectivity index (χ2n) is 5.71. The minimum Gasteiger partial charge on any atom is -0.480 e. The average Bonchev–Trinajstić information content (AvgIpc) is 2.86. The SMILES string of the molecule is Cc1ccc(-n2[nH]c(C(=O)N[C@H](C(=O)O)C(C)C)cc2=O)cc1. The number of rotatable bonds is 5. The van der Waals surface area contributed by atoms with Gasteiger partial charge >= 0.3 is 5.97 Å². The van der Waals surface area contributed by atoms with Crippen molar-refractivity contribution >= 4 is 11.9 Å². The summed E-state index contributed by atoms with van der Waals surface area (Å²) in [6, 6.07) is 7.33. The van der Waals surface area contributed by atoms with Crippen LogP contribution >= 0.6 is 0 Å². The minimum atomic E-state index is -1.12. The van der Waals surface area contributed by atoms with Crippen LogP contribution in [0.25, 0.3) is 5.69 Å². The Bertz CT molecular complexity index is 771. The van der Waals surface area contributed by atoms with Gasteiger partial charge in [0.05, 0.1) is 5.69 Å². The number of aromatic nitrogens is 2. The van der Waals surface area contributed by atoms with Gasteiger partial charge in [0.1, 0.15) is 11.7 Å². The monoisotopic (exact) mass is 317 g/mol. The fourth-order valence-electron chi connectivity index (χ4n) is 2.13. The number of nitrogens with zero attached hydrogens (tertiary/aromatic N) is 1. The standard InChI is InChI=1S/C16H19N3O4/c1-9(2)14(16(22)23)17-15(21)12-8-13(20)19(18-12)11-6-4-10(3)5-7-11/h4-9,14,18H,1-3H3,(H,17,21)(H,22,23)/t14-/m0/s1. The molecule has 0 radical (unpaired) electrons. The molecule has 0 aliphatic carbocycles. The largest absolute Gasteiger partial charge is 0.480 e. The number of aromatic amines is 1.